The predicted molar refractivity (Wildman–Crippen MR) is 446 cm³/mol. The molecule has 4 aromatic carbocycles. The van der Waals surface area contributed by atoms with Crippen molar-refractivity contribution in [3.63, 3.8) is 0 Å². The minimum absolute atomic E-state index is 0.791. The van der Waals surface area contributed by atoms with Crippen LogP contribution in [0.1, 0.15) is 22.3 Å². The molecule has 0 saturated carbocycles. The van der Waals surface area contributed by atoms with Gasteiger partial charge in [0.25, 0.3) is 0 Å². The Labute approximate surface area is 652 Å². The SMILES string of the molecule is Brc1ccc(-c2cc(-c3ccc(C(c4ccc(-c5cc(-c6ccc(Br)s6)c(-c6ccc(Br)s6)s5)cc4)(c4ccc(-c5cc(-c6ccc(Br)s6)c(-c6ccc(Br)s6)s5)cc4)c4ccc(-c5cc(-c6ccc(Br)s6)c(-c6ccc(Br)s6)s5)cc4)cc3)sc2-c2ccc(Br)s2)s1. The zero-order valence-electron chi connectivity index (χ0n) is 47.2. The van der Waals surface area contributed by atoms with Crippen LogP contribution in [0.2, 0.25) is 0 Å². The van der Waals surface area contributed by atoms with E-state index in [1.54, 1.807) is 90.7 Å². The van der Waals surface area contributed by atoms with Crippen LogP contribution in [0.15, 0.2) is 249 Å². The molecule has 0 saturated heterocycles. The van der Waals surface area contributed by atoms with Gasteiger partial charge in [0.1, 0.15) is 0 Å². The van der Waals surface area contributed by atoms with Gasteiger partial charge in [0.05, 0.1) is 55.2 Å². The third-order valence-corrected chi connectivity index (χ3v) is 34.5. The van der Waals surface area contributed by atoms with Crippen LogP contribution in [-0.4, -0.2) is 0 Å². The highest BCUT2D eigenvalue weighted by atomic mass is 79.9. The van der Waals surface area contributed by atoms with Crippen LogP contribution >= 0.6 is 263 Å². The molecule has 12 aromatic heterocycles. The summed E-state index contributed by atoms with van der Waals surface area (Å²) in [7, 11) is 0. The van der Waals surface area contributed by atoms with Gasteiger partial charge < -0.3 is 0 Å². The van der Waals surface area contributed by atoms with Gasteiger partial charge in [-0.1, -0.05) is 97.1 Å². The maximum absolute atomic E-state index is 3.78. The number of hydrogen-bond donors (Lipinski definition) is 0. The second kappa shape index (κ2) is 27.3. The second-order valence-corrected chi connectivity index (χ2v) is 45.2. The summed E-state index contributed by atoms with van der Waals surface area (Å²) in [5.41, 5.74) is 13.6. The van der Waals surface area contributed by atoms with Crippen molar-refractivity contribution in [3.05, 3.63) is 271 Å². The fourth-order valence-electron chi connectivity index (χ4n) is 11.7. The molecule has 456 valence electrons. The monoisotopic (exact) mass is 1930 g/mol. The summed E-state index contributed by atoms with van der Waals surface area (Å²) in [6, 6.07) is 82.8. The summed E-state index contributed by atoms with van der Waals surface area (Å²) in [6.45, 7) is 0. The van der Waals surface area contributed by atoms with Gasteiger partial charge in [0.2, 0.25) is 0 Å². The van der Waals surface area contributed by atoms with E-state index in [-0.39, 0.29) is 0 Å². The maximum Gasteiger partial charge on any atom is 0.0705 e. The summed E-state index contributed by atoms with van der Waals surface area (Å²) >= 11 is 51.9. The first-order valence-electron chi connectivity index (χ1n) is 28.3. The molecule has 0 spiro atoms. The Morgan fingerprint density at radius 1 is 0.172 bits per heavy atom. The molecule has 0 radical (unpaired) electrons. The maximum atomic E-state index is 3.78. The highest BCUT2D eigenvalue weighted by molar-refractivity contribution is 9.12. The highest BCUT2D eigenvalue weighted by Crippen LogP contribution is 2.55. The molecule has 12 heterocycles. The normalized spacial score (nSPS) is 11.9. The van der Waals surface area contributed by atoms with Gasteiger partial charge in [-0.3, -0.25) is 0 Å². The van der Waals surface area contributed by atoms with Gasteiger partial charge in [-0.2, -0.15) is 0 Å². The molecule has 0 atom stereocenters. The van der Waals surface area contributed by atoms with Gasteiger partial charge in [-0.15, -0.1) is 136 Å². The van der Waals surface area contributed by atoms with E-state index >= 15 is 0 Å². The quantitative estimate of drug-likeness (QED) is 0.0846. The number of rotatable bonds is 16. The first-order valence-corrected chi connectivity index (χ1v) is 44.4. The van der Waals surface area contributed by atoms with Crippen LogP contribution in [0.25, 0.3) is 123 Å². The lowest BCUT2D eigenvalue weighted by molar-refractivity contribution is 0.745. The first-order chi connectivity index (χ1) is 45.2. The van der Waals surface area contributed by atoms with E-state index in [9.17, 15) is 0 Å². The summed E-state index contributed by atoms with van der Waals surface area (Å²) in [5.74, 6) is 0. The number of thiophene rings is 12. The minimum Gasteiger partial charge on any atom is -0.134 e. The Balaban J connectivity index is 0.885. The number of halogens is 8. The fraction of sp³-hybridized carbons (Fsp3) is 0.0137. The van der Waals surface area contributed by atoms with E-state index in [0.29, 0.717) is 0 Å². The van der Waals surface area contributed by atoms with Crippen molar-refractivity contribution in [1.29, 1.82) is 0 Å². The van der Waals surface area contributed by atoms with Crippen LogP contribution < -0.4 is 0 Å². The smallest absolute Gasteiger partial charge is 0.0705 e. The molecular weight excluding hydrogens is 1900 g/mol. The molecule has 0 aliphatic rings. The molecule has 93 heavy (non-hydrogen) atoms. The van der Waals surface area contributed by atoms with Crippen molar-refractivity contribution in [3.8, 4) is 123 Å². The third-order valence-electron chi connectivity index (χ3n) is 15.9. The Morgan fingerprint density at radius 3 is 0.505 bits per heavy atom. The Hall–Kier alpha value is -2.88. The lowest BCUT2D eigenvalue weighted by Crippen LogP contribution is -2.31. The average molecular weight is 1940 g/mol. The highest BCUT2D eigenvalue weighted by Gasteiger charge is 2.39. The van der Waals surface area contributed by atoms with Crippen LogP contribution in [0, 0.1) is 0 Å². The fourth-order valence-corrected chi connectivity index (χ4v) is 28.4. The topological polar surface area (TPSA) is 0 Å². The summed E-state index contributed by atoms with van der Waals surface area (Å²) in [6.07, 6.45) is 0. The molecule has 0 nitrogen and oxygen atoms in total. The minimum atomic E-state index is -0.791. The Morgan fingerprint density at radius 2 is 0.344 bits per heavy atom. The molecular formula is C73H36Br8S12. The van der Waals surface area contributed by atoms with Crippen molar-refractivity contribution in [2.75, 3.05) is 0 Å². The van der Waals surface area contributed by atoms with Crippen LogP contribution in [0.5, 0.6) is 0 Å². The number of hydrogen-bond acceptors (Lipinski definition) is 12. The van der Waals surface area contributed by atoms with Gasteiger partial charge in [-0.05, 0) is 293 Å². The van der Waals surface area contributed by atoms with Crippen LogP contribution in [0.4, 0.5) is 0 Å². The molecule has 0 amide bonds. The predicted octanol–water partition coefficient (Wildman–Crippen LogP) is 32.9. The zero-order chi connectivity index (χ0) is 63.2. The second-order valence-electron chi connectivity index (χ2n) is 21.3. The summed E-state index contributed by atoms with van der Waals surface area (Å²) < 4.78 is 8.96. The molecule has 0 aliphatic carbocycles. The van der Waals surface area contributed by atoms with Crippen molar-refractivity contribution < 1.29 is 0 Å². The van der Waals surface area contributed by atoms with Crippen molar-refractivity contribution in [2.24, 2.45) is 0 Å². The molecule has 0 unspecified atom stereocenters. The third kappa shape index (κ3) is 12.9. The van der Waals surface area contributed by atoms with Gasteiger partial charge in [0, 0.05) is 80.8 Å². The summed E-state index contributed by atoms with van der Waals surface area (Å²) in [4.78, 5) is 20.0. The lowest BCUT2D eigenvalue weighted by Gasteiger charge is -2.37. The summed E-state index contributed by atoms with van der Waals surface area (Å²) in [5, 5.41) is 0. The first kappa shape index (κ1) is 64.8. The lowest BCUT2D eigenvalue weighted by atomic mass is 9.64. The van der Waals surface area contributed by atoms with E-state index in [4.69, 9.17) is 0 Å². The van der Waals surface area contributed by atoms with Gasteiger partial charge in [-0.25, -0.2) is 0 Å². The van der Waals surface area contributed by atoms with Crippen molar-refractivity contribution in [1.82, 2.24) is 0 Å². The largest absolute Gasteiger partial charge is 0.134 e. The zero-order valence-corrected chi connectivity index (χ0v) is 69.7. The van der Waals surface area contributed by atoms with E-state index in [2.05, 4.69) is 346 Å². The average Bonchev–Trinajstić information content (AvgIpc) is 1.75. The van der Waals surface area contributed by atoms with E-state index in [1.165, 1.54) is 145 Å². The van der Waals surface area contributed by atoms with Gasteiger partial charge in [0.15, 0.2) is 0 Å². The van der Waals surface area contributed by atoms with E-state index < -0.39 is 5.41 Å². The molecule has 0 fully saturated rings. The van der Waals surface area contributed by atoms with E-state index in [0.717, 1.165) is 30.3 Å². The molecule has 0 bridgehead atoms. The van der Waals surface area contributed by atoms with Crippen LogP contribution in [0.3, 0.4) is 0 Å². The molecule has 20 heteroatoms. The Kier molecular flexibility index (Phi) is 19.0. The molecule has 16 aromatic rings. The van der Waals surface area contributed by atoms with Crippen molar-refractivity contribution in [2.45, 2.75) is 5.41 Å². The van der Waals surface area contributed by atoms with Crippen LogP contribution in [-0.2, 0) is 5.41 Å². The number of benzene rings is 4. The molecule has 0 aliphatic heterocycles. The van der Waals surface area contributed by atoms with Crippen molar-refractivity contribution >= 4 is 263 Å². The van der Waals surface area contributed by atoms with E-state index in [1.807, 2.05) is 45.3 Å². The standard InChI is InChI=1S/C73H36Br8S12/c74-61-25-17-49(82-61)45-33-57(90-69(45)53-21-29-65(78)86-53)37-1-9-41(10-2-37)73(42-11-3-38(4-12-42)58-34-46(50-18-26-62(75)83-50)70(91-58)54-22-30-66(79)87-54,43-13-5-39(6-14-43)59-35-47(51-19-27-63(76)84-51)71(92-59)55-23-31-67(80)88-55)44-15-7-40(8-16-44)60-36-48(52-20-28-64(77)85-52)72(93-60)56-24-32-68(81)89-56/h1-36H. The Bertz CT molecular complexity index is 4490. The molecule has 16 rings (SSSR count). The molecule has 0 N–H and O–H groups in total. The van der Waals surface area contributed by atoms with Gasteiger partial charge >= 0.3 is 0 Å².